The number of ether oxygens (including phenoxy) is 1. The third-order valence-electron chi connectivity index (χ3n) is 5.65. The van der Waals surface area contributed by atoms with Gasteiger partial charge >= 0.3 is 6.18 Å². The van der Waals surface area contributed by atoms with E-state index in [-0.39, 0.29) is 5.89 Å². The summed E-state index contributed by atoms with van der Waals surface area (Å²) < 4.78 is 50.3. The average molecular weight is 409 g/mol. The van der Waals surface area contributed by atoms with Gasteiger partial charge in [0.25, 0.3) is 0 Å². The van der Waals surface area contributed by atoms with E-state index in [1.807, 2.05) is 6.92 Å². The molecular formula is C21H26F3N3O2. The number of aromatic nitrogens is 1. The van der Waals surface area contributed by atoms with E-state index in [1.54, 1.807) is 6.07 Å². The van der Waals surface area contributed by atoms with Crippen molar-refractivity contribution in [1.29, 1.82) is 0 Å². The highest BCUT2D eigenvalue weighted by Crippen LogP contribution is 2.32. The van der Waals surface area contributed by atoms with Crippen molar-refractivity contribution in [3.8, 4) is 11.5 Å². The minimum Gasteiger partial charge on any atom is -0.441 e. The molecule has 0 unspecified atom stereocenters. The molecular weight excluding hydrogens is 383 g/mol. The van der Waals surface area contributed by atoms with E-state index in [0.29, 0.717) is 24.0 Å². The Morgan fingerprint density at radius 2 is 1.90 bits per heavy atom. The molecule has 0 radical (unpaired) electrons. The van der Waals surface area contributed by atoms with Crippen molar-refractivity contribution in [2.45, 2.75) is 38.6 Å². The summed E-state index contributed by atoms with van der Waals surface area (Å²) in [4.78, 5) is 9.24. The Morgan fingerprint density at radius 1 is 1.14 bits per heavy atom. The van der Waals surface area contributed by atoms with Gasteiger partial charge in [0, 0.05) is 51.4 Å². The summed E-state index contributed by atoms with van der Waals surface area (Å²) in [5.74, 6) is 0.889. The average Bonchev–Trinajstić information content (AvgIpc) is 3.33. The monoisotopic (exact) mass is 409 g/mol. The topological polar surface area (TPSA) is 41.7 Å². The summed E-state index contributed by atoms with van der Waals surface area (Å²) in [7, 11) is 0. The highest BCUT2D eigenvalue weighted by atomic mass is 19.4. The van der Waals surface area contributed by atoms with Gasteiger partial charge < -0.3 is 9.15 Å². The van der Waals surface area contributed by atoms with Crippen molar-refractivity contribution in [1.82, 2.24) is 14.8 Å². The number of piperazine rings is 1. The molecule has 0 spiro atoms. The smallest absolute Gasteiger partial charge is 0.416 e. The molecule has 2 saturated heterocycles. The van der Waals surface area contributed by atoms with Gasteiger partial charge in [0.2, 0.25) is 5.89 Å². The minimum atomic E-state index is -4.39. The van der Waals surface area contributed by atoms with Crippen LogP contribution in [0.3, 0.4) is 0 Å². The molecule has 158 valence electrons. The third-order valence-corrected chi connectivity index (χ3v) is 5.65. The second-order valence-corrected chi connectivity index (χ2v) is 7.81. The van der Waals surface area contributed by atoms with Crippen molar-refractivity contribution in [3.05, 3.63) is 41.3 Å². The predicted octanol–water partition coefficient (Wildman–Crippen LogP) is 3.97. The normalized spacial score (nSPS) is 21.7. The van der Waals surface area contributed by atoms with Gasteiger partial charge in [-0.1, -0.05) is 6.07 Å². The first-order chi connectivity index (χ1) is 13.9. The Balaban J connectivity index is 1.37. The zero-order valence-corrected chi connectivity index (χ0v) is 16.5. The van der Waals surface area contributed by atoms with Crippen molar-refractivity contribution in [2.75, 3.05) is 39.3 Å². The fourth-order valence-electron chi connectivity index (χ4n) is 3.94. The lowest BCUT2D eigenvalue weighted by molar-refractivity contribution is -0.137. The Kier molecular flexibility index (Phi) is 5.94. The number of halogens is 3. The van der Waals surface area contributed by atoms with Gasteiger partial charge in [-0.15, -0.1) is 0 Å². The highest BCUT2D eigenvalue weighted by Gasteiger charge is 2.31. The van der Waals surface area contributed by atoms with Crippen LogP contribution in [0.2, 0.25) is 0 Å². The van der Waals surface area contributed by atoms with Crippen LogP contribution in [0.25, 0.3) is 11.5 Å². The number of nitrogens with zero attached hydrogens (tertiary/aromatic N) is 3. The summed E-state index contributed by atoms with van der Waals surface area (Å²) in [6, 6.07) is 5.11. The van der Waals surface area contributed by atoms with Crippen LogP contribution in [0, 0.1) is 6.92 Å². The standard InChI is InChI=1S/C21H26F3N3O2/c1-15-19(14-27-9-7-26(8-10-27)13-18-6-3-11-28-18)25-20(29-15)16-4-2-5-17(12-16)21(22,23)24/h2,4-5,12,18H,3,6-11,13-14H2,1H3/t18-/m1/s1. The SMILES string of the molecule is Cc1oc(-c2cccc(C(F)(F)F)c2)nc1CN1CCN(C[C@H]2CCCO2)CC1. The first kappa shape index (κ1) is 20.4. The van der Waals surface area contributed by atoms with E-state index in [9.17, 15) is 13.2 Å². The summed E-state index contributed by atoms with van der Waals surface area (Å²) in [6.45, 7) is 8.15. The predicted molar refractivity (Wildman–Crippen MR) is 102 cm³/mol. The largest absolute Gasteiger partial charge is 0.441 e. The van der Waals surface area contributed by atoms with Gasteiger partial charge in [0.1, 0.15) is 5.76 Å². The maximum Gasteiger partial charge on any atom is 0.416 e. The van der Waals surface area contributed by atoms with Crippen LogP contribution in [-0.2, 0) is 17.5 Å². The van der Waals surface area contributed by atoms with Crippen molar-refractivity contribution >= 4 is 0 Å². The van der Waals surface area contributed by atoms with Crippen LogP contribution in [0.5, 0.6) is 0 Å². The van der Waals surface area contributed by atoms with Crippen LogP contribution in [0.15, 0.2) is 28.7 Å². The van der Waals surface area contributed by atoms with Gasteiger partial charge in [-0.25, -0.2) is 4.98 Å². The third kappa shape index (κ3) is 4.99. The van der Waals surface area contributed by atoms with E-state index in [1.165, 1.54) is 6.07 Å². The molecule has 1 atom stereocenters. The molecule has 0 bridgehead atoms. The van der Waals surface area contributed by atoms with Crippen LogP contribution in [0.4, 0.5) is 13.2 Å². The number of rotatable bonds is 5. The summed E-state index contributed by atoms with van der Waals surface area (Å²) in [5.41, 5.74) is 0.426. The fourth-order valence-corrected chi connectivity index (χ4v) is 3.94. The van der Waals surface area contributed by atoms with E-state index in [4.69, 9.17) is 9.15 Å². The van der Waals surface area contributed by atoms with Crippen molar-refractivity contribution < 1.29 is 22.3 Å². The molecule has 0 saturated carbocycles. The molecule has 3 heterocycles. The van der Waals surface area contributed by atoms with E-state index in [0.717, 1.165) is 70.0 Å². The lowest BCUT2D eigenvalue weighted by Gasteiger charge is -2.35. The van der Waals surface area contributed by atoms with Gasteiger partial charge in [-0.05, 0) is 38.0 Å². The summed E-state index contributed by atoms with van der Waals surface area (Å²) in [6.07, 6.45) is -1.71. The molecule has 2 fully saturated rings. The number of oxazole rings is 1. The molecule has 8 heteroatoms. The van der Waals surface area contributed by atoms with E-state index in [2.05, 4.69) is 14.8 Å². The summed E-state index contributed by atoms with van der Waals surface area (Å²) in [5, 5.41) is 0. The molecule has 4 rings (SSSR count). The fraction of sp³-hybridized carbons (Fsp3) is 0.571. The van der Waals surface area contributed by atoms with Crippen molar-refractivity contribution in [2.24, 2.45) is 0 Å². The van der Waals surface area contributed by atoms with Crippen molar-refractivity contribution in [3.63, 3.8) is 0 Å². The van der Waals surface area contributed by atoms with E-state index >= 15 is 0 Å². The molecule has 5 nitrogen and oxygen atoms in total. The molecule has 2 aliphatic heterocycles. The molecule has 1 aromatic heterocycles. The molecule has 29 heavy (non-hydrogen) atoms. The van der Waals surface area contributed by atoms with Crippen LogP contribution < -0.4 is 0 Å². The first-order valence-electron chi connectivity index (χ1n) is 10.1. The first-order valence-corrected chi connectivity index (χ1v) is 10.1. The summed E-state index contributed by atoms with van der Waals surface area (Å²) >= 11 is 0. The maximum atomic E-state index is 13.0. The molecule has 0 N–H and O–H groups in total. The lowest BCUT2D eigenvalue weighted by Crippen LogP contribution is -2.48. The zero-order chi connectivity index (χ0) is 20.4. The van der Waals surface area contributed by atoms with Crippen LogP contribution in [0.1, 0.15) is 29.9 Å². The second-order valence-electron chi connectivity index (χ2n) is 7.81. The molecule has 0 amide bonds. The zero-order valence-electron chi connectivity index (χ0n) is 16.5. The maximum absolute atomic E-state index is 13.0. The van der Waals surface area contributed by atoms with Crippen LogP contribution >= 0.6 is 0 Å². The Bertz CT molecular complexity index is 823. The number of aryl methyl sites for hydroxylation is 1. The van der Waals surface area contributed by atoms with E-state index < -0.39 is 11.7 Å². The number of hydrogen-bond donors (Lipinski definition) is 0. The van der Waals surface area contributed by atoms with Crippen LogP contribution in [-0.4, -0.2) is 60.2 Å². The quantitative estimate of drug-likeness (QED) is 0.748. The van der Waals surface area contributed by atoms with Gasteiger partial charge in [0.15, 0.2) is 0 Å². The number of alkyl halides is 3. The molecule has 2 aliphatic rings. The Hall–Kier alpha value is -1.90. The molecule has 1 aromatic carbocycles. The lowest BCUT2D eigenvalue weighted by atomic mass is 10.1. The molecule has 2 aromatic rings. The molecule has 0 aliphatic carbocycles. The van der Waals surface area contributed by atoms with Gasteiger partial charge in [-0.2, -0.15) is 13.2 Å². The number of hydrogen-bond acceptors (Lipinski definition) is 5. The Morgan fingerprint density at radius 3 is 2.59 bits per heavy atom. The van der Waals surface area contributed by atoms with Gasteiger partial charge in [-0.3, -0.25) is 9.80 Å². The second kappa shape index (κ2) is 8.45. The highest BCUT2D eigenvalue weighted by molar-refractivity contribution is 5.55. The number of benzene rings is 1. The Labute approximate surface area is 168 Å². The van der Waals surface area contributed by atoms with Gasteiger partial charge in [0.05, 0.1) is 17.4 Å². The minimum absolute atomic E-state index is 0.237.